The maximum atomic E-state index is 13.3. The number of carbonyl (C=O) groups excluding carboxylic acids is 1. The molecule has 2 nitrogen and oxygen atoms in total. The fourth-order valence-corrected chi connectivity index (χ4v) is 1.61. The first kappa shape index (κ1) is 13.6. The van der Waals surface area contributed by atoms with Gasteiger partial charge in [-0.3, -0.25) is 4.79 Å². The molecule has 88 valence electrons. The summed E-state index contributed by atoms with van der Waals surface area (Å²) in [7, 11) is 0. The molecule has 0 aromatic heterocycles. The van der Waals surface area contributed by atoms with Crippen LogP contribution in [0.4, 0.5) is 10.1 Å². The van der Waals surface area contributed by atoms with E-state index in [1.165, 1.54) is 6.07 Å². The second-order valence-corrected chi connectivity index (χ2v) is 6.84. The zero-order valence-electron chi connectivity index (χ0n) is 9.20. The van der Waals surface area contributed by atoms with Crippen LogP contribution in [0.5, 0.6) is 0 Å². The minimum absolute atomic E-state index is 0.211. The molecular formula is C11H12Br2FNO. The molecule has 0 heterocycles. The number of amides is 1. The van der Waals surface area contributed by atoms with Gasteiger partial charge in [-0.25, -0.2) is 4.39 Å². The third-order valence-corrected chi connectivity index (χ3v) is 3.02. The Balaban J connectivity index is 2.99. The van der Waals surface area contributed by atoms with E-state index in [1.54, 1.807) is 26.8 Å². The van der Waals surface area contributed by atoms with Crippen LogP contribution in [0.1, 0.15) is 19.4 Å². The molecule has 0 aliphatic carbocycles. The summed E-state index contributed by atoms with van der Waals surface area (Å²) >= 11 is 6.33. The molecule has 0 bridgehead atoms. The van der Waals surface area contributed by atoms with Gasteiger partial charge in [-0.1, -0.05) is 15.9 Å². The summed E-state index contributed by atoms with van der Waals surface area (Å²) < 4.78 is 13.0. The lowest BCUT2D eigenvalue weighted by Gasteiger charge is -2.17. The van der Waals surface area contributed by atoms with Crippen molar-refractivity contribution in [3.8, 4) is 0 Å². The van der Waals surface area contributed by atoms with E-state index in [0.29, 0.717) is 10.2 Å². The van der Waals surface area contributed by atoms with Gasteiger partial charge in [-0.15, -0.1) is 0 Å². The highest BCUT2D eigenvalue weighted by atomic mass is 79.9. The lowest BCUT2D eigenvalue weighted by Crippen LogP contribution is -2.31. The third kappa shape index (κ3) is 3.28. The SMILES string of the molecule is Cc1cc(Br)c(F)cc1NC(=O)C(C)(C)Br. The molecule has 0 saturated carbocycles. The Bertz CT molecular complexity index is 427. The summed E-state index contributed by atoms with van der Waals surface area (Å²) in [5.74, 6) is -0.606. The predicted octanol–water partition coefficient (Wildman–Crippen LogP) is 4.01. The first-order valence-corrected chi connectivity index (χ1v) is 6.26. The minimum atomic E-state index is -0.678. The van der Waals surface area contributed by atoms with Crippen molar-refractivity contribution in [1.29, 1.82) is 0 Å². The first-order valence-electron chi connectivity index (χ1n) is 4.68. The van der Waals surface area contributed by atoms with Gasteiger partial charge >= 0.3 is 0 Å². The summed E-state index contributed by atoms with van der Waals surface area (Å²) in [6.07, 6.45) is 0. The Labute approximate surface area is 111 Å². The molecule has 5 heteroatoms. The van der Waals surface area contributed by atoms with Gasteiger partial charge in [0.05, 0.1) is 8.80 Å². The lowest BCUT2D eigenvalue weighted by molar-refractivity contribution is -0.117. The van der Waals surface area contributed by atoms with E-state index in [-0.39, 0.29) is 5.91 Å². The summed E-state index contributed by atoms with van der Waals surface area (Å²) in [5.41, 5.74) is 1.29. The molecule has 0 fully saturated rings. The fraction of sp³-hybridized carbons (Fsp3) is 0.364. The van der Waals surface area contributed by atoms with E-state index < -0.39 is 10.1 Å². The van der Waals surface area contributed by atoms with Crippen LogP contribution in [-0.4, -0.2) is 10.2 Å². The van der Waals surface area contributed by atoms with Crippen LogP contribution in [0.2, 0.25) is 0 Å². The van der Waals surface area contributed by atoms with Crippen LogP contribution in [0.3, 0.4) is 0 Å². The van der Waals surface area contributed by atoms with Crippen molar-refractivity contribution < 1.29 is 9.18 Å². The average molecular weight is 353 g/mol. The molecule has 1 amide bonds. The summed E-state index contributed by atoms with van der Waals surface area (Å²) in [6.45, 7) is 5.26. The Morgan fingerprint density at radius 2 is 2.00 bits per heavy atom. The van der Waals surface area contributed by atoms with E-state index in [1.807, 2.05) is 0 Å². The molecule has 0 unspecified atom stereocenters. The topological polar surface area (TPSA) is 29.1 Å². The van der Waals surface area contributed by atoms with Crippen molar-refractivity contribution in [2.24, 2.45) is 0 Å². The lowest BCUT2D eigenvalue weighted by atomic mass is 10.1. The first-order chi connectivity index (χ1) is 7.21. The number of hydrogen-bond donors (Lipinski definition) is 1. The standard InChI is InChI=1S/C11H12Br2FNO/c1-6-4-7(12)8(14)5-9(6)15-10(16)11(2,3)13/h4-5H,1-3H3,(H,15,16). The number of aryl methyl sites for hydroxylation is 1. The van der Waals surface area contributed by atoms with Crippen molar-refractivity contribution in [2.75, 3.05) is 5.32 Å². The van der Waals surface area contributed by atoms with Crippen molar-refractivity contribution in [2.45, 2.75) is 25.1 Å². The van der Waals surface area contributed by atoms with E-state index in [9.17, 15) is 9.18 Å². The molecule has 0 atom stereocenters. The smallest absolute Gasteiger partial charge is 0.240 e. The molecule has 0 aliphatic heterocycles. The van der Waals surface area contributed by atoms with E-state index in [0.717, 1.165) is 5.56 Å². The maximum absolute atomic E-state index is 13.3. The number of rotatable bonds is 2. The maximum Gasteiger partial charge on any atom is 0.240 e. The minimum Gasteiger partial charge on any atom is -0.325 e. The number of benzene rings is 1. The molecule has 0 saturated heterocycles. The zero-order valence-corrected chi connectivity index (χ0v) is 12.4. The van der Waals surface area contributed by atoms with Crippen molar-refractivity contribution in [3.63, 3.8) is 0 Å². The molecule has 1 aromatic carbocycles. The van der Waals surface area contributed by atoms with Crippen LogP contribution < -0.4 is 5.32 Å². The monoisotopic (exact) mass is 351 g/mol. The zero-order chi connectivity index (χ0) is 12.5. The molecule has 0 radical (unpaired) electrons. The van der Waals surface area contributed by atoms with Gasteiger partial charge in [0.1, 0.15) is 5.82 Å². The molecular weight excluding hydrogens is 341 g/mol. The largest absolute Gasteiger partial charge is 0.325 e. The summed E-state index contributed by atoms with van der Waals surface area (Å²) in [6, 6.07) is 2.93. The van der Waals surface area contributed by atoms with Gasteiger partial charge < -0.3 is 5.32 Å². The Morgan fingerprint density at radius 1 is 1.44 bits per heavy atom. The fourth-order valence-electron chi connectivity index (χ4n) is 1.05. The number of nitrogens with one attached hydrogen (secondary N) is 1. The van der Waals surface area contributed by atoms with Crippen molar-refractivity contribution >= 4 is 43.5 Å². The highest BCUT2D eigenvalue weighted by Crippen LogP contribution is 2.26. The van der Waals surface area contributed by atoms with Crippen molar-refractivity contribution in [3.05, 3.63) is 28.0 Å². The van der Waals surface area contributed by atoms with Crippen LogP contribution in [0, 0.1) is 12.7 Å². The van der Waals surface area contributed by atoms with E-state index >= 15 is 0 Å². The molecule has 1 rings (SSSR count). The van der Waals surface area contributed by atoms with Gasteiger partial charge in [0.15, 0.2) is 0 Å². The normalized spacial score (nSPS) is 11.4. The number of hydrogen-bond acceptors (Lipinski definition) is 1. The quantitative estimate of drug-likeness (QED) is 0.800. The highest BCUT2D eigenvalue weighted by Gasteiger charge is 2.24. The molecule has 0 spiro atoms. The third-order valence-electron chi connectivity index (χ3n) is 2.06. The van der Waals surface area contributed by atoms with Gasteiger partial charge in [0.2, 0.25) is 5.91 Å². The second-order valence-electron chi connectivity index (χ2n) is 4.01. The molecule has 0 aliphatic rings. The summed E-state index contributed by atoms with van der Waals surface area (Å²) in [4.78, 5) is 11.7. The highest BCUT2D eigenvalue weighted by molar-refractivity contribution is 9.10. The predicted molar refractivity (Wildman–Crippen MR) is 70.5 cm³/mol. The Morgan fingerprint density at radius 3 is 2.50 bits per heavy atom. The number of anilines is 1. The van der Waals surface area contributed by atoms with Crippen molar-refractivity contribution in [1.82, 2.24) is 0 Å². The van der Waals surface area contributed by atoms with E-state index in [2.05, 4.69) is 37.2 Å². The Kier molecular flexibility index (Phi) is 4.12. The summed E-state index contributed by atoms with van der Waals surface area (Å²) in [5, 5.41) is 2.67. The van der Waals surface area contributed by atoms with Gasteiger partial charge in [0, 0.05) is 5.69 Å². The van der Waals surface area contributed by atoms with Crippen LogP contribution in [0.15, 0.2) is 16.6 Å². The second kappa shape index (κ2) is 4.84. The van der Waals surface area contributed by atoms with Gasteiger partial charge in [0.25, 0.3) is 0 Å². The van der Waals surface area contributed by atoms with Crippen LogP contribution in [-0.2, 0) is 4.79 Å². The number of alkyl halides is 1. The Hall–Kier alpha value is -0.420. The molecule has 1 N–H and O–H groups in total. The molecule has 1 aromatic rings. The number of halogens is 3. The van der Waals surface area contributed by atoms with Crippen LogP contribution in [0.25, 0.3) is 0 Å². The molecule has 16 heavy (non-hydrogen) atoms. The van der Waals surface area contributed by atoms with Gasteiger partial charge in [-0.05, 0) is 54.4 Å². The van der Waals surface area contributed by atoms with Gasteiger partial charge in [-0.2, -0.15) is 0 Å². The van der Waals surface area contributed by atoms with E-state index in [4.69, 9.17) is 0 Å². The average Bonchev–Trinajstić information content (AvgIpc) is 2.12. The number of carbonyl (C=O) groups is 1. The van der Waals surface area contributed by atoms with Crippen LogP contribution >= 0.6 is 31.9 Å².